The number of benzene rings is 2. The number of hydrogen-bond donors (Lipinski definition) is 3. The average Bonchev–Trinajstić information content (AvgIpc) is 2.46. The molecule has 0 aliphatic heterocycles. The minimum absolute atomic E-state index is 0.255. The van der Waals surface area contributed by atoms with Crippen molar-refractivity contribution in [3.8, 4) is 0 Å². The van der Waals surface area contributed by atoms with E-state index in [1.807, 2.05) is 18.2 Å². The van der Waals surface area contributed by atoms with Gasteiger partial charge in [0, 0.05) is 6.54 Å². The molecule has 0 atom stereocenters. The maximum absolute atomic E-state index is 12.8. The van der Waals surface area contributed by atoms with Gasteiger partial charge in [-0.15, -0.1) is 0 Å². The van der Waals surface area contributed by atoms with Crippen LogP contribution in [0.15, 0.2) is 48.5 Å². The Labute approximate surface area is 127 Å². The number of hydrogen-bond acceptors (Lipinski definition) is 2. The molecule has 0 saturated carbocycles. The van der Waals surface area contributed by atoms with E-state index < -0.39 is 0 Å². The first-order chi connectivity index (χ1) is 9.65. The molecular formula is C14H13ClFN3S. The molecule has 0 heterocycles. The van der Waals surface area contributed by atoms with Gasteiger partial charge in [-0.1, -0.05) is 35.9 Å². The number of rotatable bonds is 4. The van der Waals surface area contributed by atoms with E-state index in [-0.39, 0.29) is 5.82 Å². The summed E-state index contributed by atoms with van der Waals surface area (Å²) in [5, 5.41) is 4.02. The Bertz CT molecular complexity index is 589. The third-order valence-electron chi connectivity index (χ3n) is 2.55. The SMILES string of the molecule is Fc1ccc(CNC(=S)NNc2ccccc2Cl)cc1. The van der Waals surface area contributed by atoms with Gasteiger partial charge in [-0.25, -0.2) is 4.39 Å². The molecule has 0 aromatic heterocycles. The average molecular weight is 310 g/mol. The highest BCUT2D eigenvalue weighted by Gasteiger charge is 2.00. The van der Waals surface area contributed by atoms with Gasteiger partial charge in [0.2, 0.25) is 0 Å². The molecule has 0 radical (unpaired) electrons. The molecule has 3 N–H and O–H groups in total. The van der Waals surface area contributed by atoms with Gasteiger partial charge in [0.25, 0.3) is 0 Å². The molecule has 2 aromatic rings. The van der Waals surface area contributed by atoms with Gasteiger partial charge >= 0.3 is 0 Å². The fraction of sp³-hybridized carbons (Fsp3) is 0.0714. The number of thiocarbonyl (C=S) groups is 1. The quantitative estimate of drug-likeness (QED) is 0.597. The zero-order valence-electron chi connectivity index (χ0n) is 10.5. The minimum atomic E-state index is -0.255. The molecule has 0 fully saturated rings. The fourth-order valence-corrected chi connectivity index (χ4v) is 1.82. The van der Waals surface area contributed by atoms with Gasteiger partial charge in [0.15, 0.2) is 5.11 Å². The van der Waals surface area contributed by atoms with Crippen LogP contribution in [0.2, 0.25) is 5.02 Å². The third-order valence-corrected chi connectivity index (χ3v) is 3.13. The van der Waals surface area contributed by atoms with Crippen LogP contribution in [-0.4, -0.2) is 5.11 Å². The highest BCUT2D eigenvalue weighted by molar-refractivity contribution is 7.80. The second-order valence-corrected chi connectivity index (χ2v) is 4.85. The first kappa shape index (κ1) is 14.6. The van der Waals surface area contributed by atoms with E-state index >= 15 is 0 Å². The summed E-state index contributed by atoms with van der Waals surface area (Å²) in [6.07, 6.45) is 0. The van der Waals surface area contributed by atoms with Crippen molar-refractivity contribution in [2.75, 3.05) is 5.43 Å². The summed E-state index contributed by atoms with van der Waals surface area (Å²) >= 11 is 11.1. The van der Waals surface area contributed by atoms with Crippen LogP contribution in [0, 0.1) is 5.82 Å². The molecule has 2 aromatic carbocycles. The second kappa shape index (κ2) is 7.07. The van der Waals surface area contributed by atoms with Crippen molar-refractivity contribution >= 4 is 34.6 Å². The molecular weight excluding hydrogens is 297 g/mol. The third kappa shape index (κ3) is 4.36. The molecule has 0 unspecified atom stereocenters. The molecule has 0 amide bonds. The van der Waals surface area contributed by atoms with Gasteiger partial charge in [0.1, 0.15) is 5.82 Å². The van der Waals surface area contributed by atoms with Crippen LogP contribution in [0.3, 0.4) is 0 Å². The Kier molecular flexibility index (Phi) is 5.15. The van der Waals surface area contributed by atoms with Gasteiger partial charge in [-0.3, -0.25) is 10.9 Å². The van der Waals surface area contributed by atoms with Gasteiger partial charge in [0.05, 0.1) is 10.7 Å². The lowest BCUT2D eigenvalue weighted by molar-refractivity contribution is 0.626. The first-order valence-electron chi connectivity index (χ1n) is 5.94. The molecule has 0 aliphatic rings. The Morgan fingerprint density at radius 3 is 2.50 bits per heavy atom. The summed E-state index contributed by atoms with van der Waals surface area (Å²) in [6, 6.07) is 13.5. The zero-order valence-corrected chi connectivity index (χ0v) is 12.1. The summed E-state index contributed by atoms with van der Waals surface area (Å²) in [4.78, 5) is 0. The van der Waals surface area contributed by atoms with E-state index in [2.05, 4.69) is 16.2 Å². The molecule has 0 spiro atoms. The Morgan fingerprint density at radius 1 is 1.10 bits per heavy atom. The summed E-state index contributed by atoms with van der Waals surface area (Å²) in [7, 11) is 0. The Balaban J connectivity index is 1.78. The van der Waals surface area contributed by atoms with Crippen molar-refractivity contribution in [2.45, 2.75) is 6.54 Å². The van der Waals surface area contributed by atoms with Crippen molar-refractivity contribution in [2.24, 2.45) is 0 Å². The predicted molar refractivity (Wildman–Crippen MR) is 84.0 cm³/mol. The van der Waals surface area contributed by atoms with Crippen LogP contribution in [0.1, 0.15) is 5.56 Å². The Hall–Kier alpha value is -1.85. The fourth-order valence-electron chi connectivity index (χ4n) is 1.52. The maximum atomic E-state index is 12.8. The first-order valence-corrected chi connectivity index (χ1v) is 6.72. The van der Waals surface area contributed by atoms with E-state index in [1.54, 1.807) is 18.2 Å². The van der Waals surface area contributed by atoms with Crippen molar-refractivity contribution in [1.82, 2.24) is 10.7 Å². The standard InChI is InChI=1S/C14H13ClFN3S/c15-12-3-1-2-4-13(12)18-19-14(20)17-9-10-5-7-11(16)8-6-10/h1-8,18H,9H2,(H2,17,19,20). The number of nitrogens with one attached hydrogen (secondary N) is 3. The van der Waals surface area contributed by atoms with E-state index in [4.69, 9.17) is 23.8 Å². The van der Waals surface area contributed by atoms with Crippen molar-refractivity contribution in [3.63, 3.8) is 0 Å². The summed E-state index contributed by atoms with van der Waals surface area (Å²) in [6.45, 7) is 0.510. The lowest BCUT2D eigenvalue weighted by Gasteiger charge is -2.13. The molecule has 0 bridgehead atoms. The normalized spacial score (nSPS) is 9.90. The summed E-state index contributed by atoms with van der Waals surface area (Å²) in [5.74, 6) is -0.255. The number of anilines is 1. The lowest BCUT2D eigenvalue weighted by atomic mass is 10.2. The predicted octanol–water partition coefficient (Wildman–Crippen LogP) is 3.47. The van der Waals surface area contributed by atoms with E-state index in [9.17, 15) is 4.39 Å². The molecule has 104 valence electrons. The second-order valence-electron chi connectivity index (χ2n) is 4.04. The van der Waals surface area contributed by atoms with Crippen molar-refractivity contribution in [1.29, 1.82) is 0 Å². The molecule has 0 aliphatic carbocycles. The monoisotopic (exact) mass is 309 g/mol. The lowest BCUT2D eigenvalue weighted by Crippen LogP contribution is -2.38. The zero-order chi connectivity index (χ0) is 14.4. The van der Waals surface area contributed by atoms with Crippen LogP contribution in [-0.2, 0) is 6.54 Å². The number of hydrazine groups is 1. The molecule has 6 heteroatoms. The van der Waals surface area contributed by atoms with E-state index in [0.29, 0.717) is 16.7 Å². The molecule has 20 heavy (non-hydrogen) atoms. The molecule has 2 rings (SSSR count). The topological polar surface area (TPSA) is 36.1 Å². The largest absolute Gasteiger partial charge is 0.357 e. The van der Waals surface area contributed by atoms with Gasteiger partial charge in [-0.05, 0) is 42.0 Å². The van der Waals surface area contributed by atoms with Crippen LogP contribution in [0.25, 0.3) is 0 Å². The maximum Gasteiger partial charge on any atom is 0.185 e. The van der Waals surface area contributed by atoms with Crippen LogP contribution in [0.5, 0.6) is 0 Å². The summed E-state index contributed by atoms with van der Waals surface area (Å²) < 4.78 is 12.8. The van der Waals surface area contributed by atoms with Gasteiger partial charge in [-0.2, -0.15) is 0 Å². The van der Waals surface area contributed by atoms with Crippen LogP contribution in [0.4, 0.5) is 10.1 Å². The minimum Gasteiger partial charge on any atom is -0.357 e. The van der Waals surface area contributed by atoms with Crippen LogP contribution < -0.4 is 16.2 Å². The molecule has 0 saturated heterocycles. The van der Waals surface area contributed by atoms with E-state index in [0.717, 1.165) is 11.3 Å². The van der Waals surface area contributed by atoms with Crippen molar-refractivity contribution in [3.05, 3.63) is 64.9 Å². The summed E-state index contributed by atoms with van der Waals surface area (Å²) in [5.41, 5.74) is 7.42. The highest BCUT2D eigenvalue weighted by atomic mass is 35.5. The highest BCUT2D eigenvalue weighted by Crippen LogP contribution is 2.19. The Morgan fingerprint density at radius 2 is 1.80 bits per heavy atom. The molecule has 3 nitrogen and oxygen atoms in total. The van der Waals surface area contributed by atoms with Gasteiger partial charge < -0.3 is 5.32 Å². The number of para-hydroxylation sites is 1. The van der Waals surface area contributed by atoms with E-state index in [1.165, 1.54) is 12.1 Å². The number of halogens is 2. The van der Waals surface area contributed by atoms with Crippen molar-refractivity contribution < 1.29 is 4.39 Å². The smallest absolute Gasteiger partial charge is 0.185 e. The van der Waals surface area contributed by atoms with Crippen LogP contribution >= 0.6 is 23.8 Å².